The van der Waals surface area contributed by atoms with Gasteiger partial charge in [0, 0.05) is 0 Å². The second-order valence-corrected chi connectivity index (χ2v) is 3.52. The fraction of sp³-hybridized carbons (Fsp3) is 0.750. The molecule has 3 nitrogen and oxygen atoms in total. The Labute approximate surface area is 92.1 Å². The van der Waals surface area contributed by atoms with Crippen LogP contribution >= 0.6 is 0 Å². The van der Waals surface area contributed by atoms with Crippen molar-refractivity contribution >= 4 is 5.97 Å². The lowest BCUT2D eigenvalue weighted by molar-refractivity contribution is -0.151. The molecule has 15 heavy (non-hydrogen) atoms. The molecule has 3 heteroatoms. The maximum atomic E-state index is 11.5. The number of aliphatic hydroxyl groups is 1. The van der Waals surface area contributed by atoms with Crippen LogP contribution in [0.1, 0.15) is 40.0 Å². The smallest absolute Gasteiger partial charge is 0.311 e. The van der Waals surface area contributed by atoms with Crippen LogP contribution in [-0.4, -0.2) is 23.8 Å². The Hall–Kier alpha value is -0.830. The number of carbonyl (C=O) groups excluding carboxylic acids is 1. The maximum absolute atomic E-state index is 11.5. The van der Waals surface area contributed by atoms with Gasteiger partial charge < -0.3 is 9.84 Å². The minimum Gasteiger partial charge on any atom is -0.466 e. The average Bonchev–Trinajstić information content (AvgIpc) is 2.19. The van der Waals surface area contributed by atoms with Crippen LogP contribution in [0.2, 0.25) is 0 Å². The van der Waals surface area contributed by atoms with Crippen LogP contribution < -0.4 is 0 Å². The van der Waals surface area contributed by atoms with Crippen molar-refractivity contribution in [2.75, 3.05) is 6.61 Å². The van der Waals surface area contributed by atoms with Gasteiger partial charge >= 0.3 is 5.97 Å². The number of aliphatic hydroxyl groups excluding tert-OH is 1. The summed E-state index contributed by atoms with van der Waals surface area (Å²) in [6.07, 6.45) is 5.29. The lowest BCUT2D eigenvalue weighted by atomic mass is 9.95. The van der Waals surface area contributed by atoms with E-state index in [2.05, 4.69) is 6.92 Å². The standard InChI is InChI=1S/C12H22O3/c1-4-7-9-10(11(13)8-5-2)12(14)15-6-3/h5,8,10-11,13H,4,6-7,9H2,1-3H3/b8-5+. The van der Waals surface area contributed by atoms with Crippen molar-refractivity contribution < 1.29 is 14.6 Å². The SMILES string of the molecule is C/C=C/C(O)C(CCCC)C(=O)OCC. The van der Waals surface area contributed by atoms with Crippen molar-refractivity contribution in [2.45, 2.75) is 46.1 Å². The molecular formula is C12H22O3. The van der Waals surface area contributed by atoms with Crippen molar-refractivity contribution in [2.24, 2.45) is 5.92 Å². The van der Waals surface area contributed by atoms with Gasteiger partial charge in [0.2, 0.25) is 0 Å². The molecule has 0 radical (unpaired) electrons. The van der Waals surface area contributed by atoms with Gasteiger partial charge in [0.15, 0.2) is 0 Å². The van der Waals surface area contributed by atoms with Crippen LogP contribution in [0.15, 0.2) is 12.2 Å². The number of allylic oxidation sites excluding steroid dienone is 1. The summed E-state index contributed by atoms with van der Waals surface area (Å²) in [5.74, 6) is -0.711. The van der Waals surface area contributed by atoms with E-state index in [1.54, 1.807) is 19.1 Å². The molecular weight excluding hydrogens is 192 g/mol. The highest BCUT2D eigenvalue weighted by atomic mass is 16.5. The second kappa shape index (κ2) is 8.48. The van der Waals surface area contributed by atoms with Gasteiger partial charge in [-0.25, -0.2) is 0 Å². The first kappa shape index (κ1) is 14.2. The highest BCUT2D eigenvalue weighted by Crippen LogP contribution is 2.16. The Bertz CT molecular complexity index is 199. The van der Waals surface area contributed by atoms with E-state index in [0.29, 0.717) is 13.0 Å². The van der Waals surface area contributed by atoms with Gasteiger partial charge in [-0.05, 0) is 20.3 Å². The molecule has 0 aromatic carbocycles. The molecule has 0 aliphatic rings. The monoisotopic (exact) mass is 214 g/mol. The predicted molar refractivity (Wildman–Crippen MR) is 60.5 cm³/mol. The minimum absolute atomic E-state index is 0.295. The summed E-state index contributed by atoms with van der Waals surface area (Å²) in [6, 6.07) is 0. The third kappa shape index (κ3) is 5.57. The molecule has 1 N–H and O–H groups in total. The summed E-state index contributed by atoms with van der Waals surface area (Å²) in [7, 11) is 0. The minimum atomic E-state index is -0.722. The van der Waals surface area contributed by atoms with E-state index in [4.69, 9.17) is 4.74 Å². The normalized spacial score (nSPS) is 15.2. The Morgan fingerprint density at radius 3 is 2.60 bits per heavy atom. The number of unbranched alkanes of at least 4 members (excludes halogenated alkanes) is 1. The van der Waals surface area contributed by atoms with Crippen molar-refractivity contribution in [3.63, 3.8) is 0 Å². The van der Waals surface area contributed by atoms with E-state index >= 15 is 0 Å². The van der Waals surface area contributed by atoms with Crippen LogP contribution in [0.5, 0.6) is 0 Å². The number of carbonyl (C=O) groups is 1. The Morgan fingerprint density at radius 1 is 1.47 bits per heavy atom. The molecule has 2 atom stereocenters. The summed E-state index contributed by atoms with van der Waals surface area (Å²) < 4.78 is 4.94. The average molecular weight is 214 g/mol. The molecule has 0 aliphatic carbocycles. The van der Waals surface area contributed by atoms with E-state index in [1.807, 2.05) is 6.92 Å². The summed E-state index contributed by atoms with van der Waals surface area (Å²) in [5.41, 5.74) is 0. The predicted octanol–water partition coefficient (Wildman–Crippen LogP) is 2.29. The largest absolute Gasteiger partial charge is 0.466 e. The highest BCUT2D eigenvalue weighted by molar-refractivity contribution is 5.73. The van der Waals surface area contributed by atoms with Crippen LogP contribution in [-0.2, 0) is 9.53 Å². The molecule has 0 rings (SSSR count). The molecule has 2 unspecified atom stereocenters. The highest BCUT2D eigenvalue weighted by Gasteiger charge is 2.25. The molecule has 0 saturated heterocycles. The van der Waals surface area contributed by atoms with Crippen molar-refractivity contribution in [1.29, 1.82) is 0 Å². The number of ether oxygens (including phenoxy) is 1. The quantitative estimate of drug-likeness (QED) is 0.522. The van der Waals surface area contributed by atoms with Gasteiger partial charge in [-0.2, -0.15) is 0 Å². The molecule has 0 fully saturated rings. The van der Waals surface area contributed by atoms with Gasteiger partial charge in [-0.1, -0.05) is 31.9 Å². The van der Waals surface area contributed by atoms with Crippen molar-refractivity contribution in [3.8, 4) is 0 Å². The fourth-order valence-electron chi connectivity index (χ4n) is 1.43. The molecule has 0 bridgehead atoms. The number of hydrogen-bond acceptors (Lipinski definition) is 3. The number of esters is 1. The van der Waals surface area contributed by atoms with E-state index in [9.17, 15) is 9.90 Å². The Kier molecular flexibility index (Phi) is 8.01. The molecule has 0 saturated carbocycles. The second-order valence-electron chi connectivity index (χ2n) is 3.52. The molecule has 0 aliphatic heterocycles. The van der Waals surface area contributed by atoms with E-state index in [-0.39, 0.29) is 5.97 Å². The topological polar surface area (TPSA) is 46.5 Å². The Balaban J connectivity index is 4.34. The lowest BCUT2D eigenvalue weighted by Crippen LogP contribution is -2.28. The molecule has 88 valence electrons. The molecule has 0 aromatic rings. The first-order valence-corrected chi connectivity index (χ1v) is 5.64. The summed E-state index contributed by atoms with van der Waals surface area (Å²) in [5, 5.41) is 9.74. The summed E-state index contributed by atoms with van der Waals surface area (Å²) in [6.45, 7) is 6.02. The van der Waals surface area contributed by atoms with Crippen LogP contribution in [0.25, 0.3) is 0 Å². The lowest BCUT2D eigenvalue weighted by Gasteiger charge is -2.18. The van der Waals surface area contributed by atoms with Crippen molar-refractivity contribution in [1.82, 2.24) is 0 Å². The van der Waals surface area contributed by atoms with Gasteiger partial charge in [0.05, 0.1) is 18.6 Å². The summed E-state index contributed by atoms with van der Waals surface area (Å²) in [4.78, 5) is 11.5. The van der Waals surface area contributed by atoms with E-state index in [0.717, 1.165) is 12.8 Å². The van der Waals surface area contributed by atoms with E-state index < -0.39 is 12.0 Å². The van der Waals surface area contributed by atoms with E-state index in [1.165, 1.54) is 0 Å². The van der Waals surface area contributed by atoms with Gasteiger partial charge in [-0.3, -0.25) is 4.79 Å². The van der Waals surface area contributed by atoms with Gasteiger partial charge in [0.25, 0.3) is 0 Å². The van der Waals surface area contributed by atoms with Crippen LogP contribution in [0.3, 0.4) is 0 Å². The van der Waals surface area contributed by atoms with Crippen LogP contribution in [0, 0.1) is 5.92 Å². The summed E-state index contributed by atoms with van der Waals surface area (Å²) >= 11 is 0. The van der Waals surface area contributed by atoms with Gasteiger partial charge in [0.1, 0.15) is 0 Å². The third-order valence-corrected chi connectivity index (χ3v) is 2.26. The van der Waals surface area contributed by atoms with Gasteiger partial charge in [-0.15, -0.1) is 0 Å². The maximum Gasteiger partial charge on any atom is 0.311 e. The molecule has 0 heterocycles. The zero-order valence-corrected chi connectivity index (χ0v) is 9.90. The van der Waals surface area contributed by atoms with Crippen molar-refractivity contribution in [3.05, 3.63) is 12.2 Å². The number of rotatable bonds is 7. The first-order chi connectivity index (χ1) is 7.17. The fourth-order valence-corrected chi connectivity index (χ4v) is 1.43. The molecule has 0 amide bonds. The zero-order valence-electron chi connectivity index (χ0n) is 9.90. The molecule has 0 aromatic heterocycles. The first-order valence-electron chi connectivity index (χ1n) is 5.64. The third-order valence-electron chi connectivity index (χ3n) is 2.26. The zero-order chi connectivity index (χ0) is 11.7. The van der Waals surface area contributed by atoms with Crippen LogP contribution in [0.4, 0.5) is 0 Å². The Morgan fingerprint density at radius 2 is 2.13 bits per heavy atom. The number of hydrogen-bond donors (Lipinski definition) is 1. The molecule has 0 spiro atoms.